The van der Waals surface area contributed by atoms with Gasteiger partial charge in [-0.2, -0.15) is 0 Å². The third-order valence-corrected chi connectivity index (χ3v) is 13.4. The number of para-hydroxylation sites is 1. The third kappa shape index (κ3) is 5.99. The molecule has 1 aromatic heterocycles. The van der Waals surface area contributed by atoms with Crippen LogP contribution >= 0.6 is 11.3 Å². The van der Waals surface area contributed by atoms with Crippen LogP contribution in [-0.2, 0) is 5.41 Å². The van der Waals surface area contributed by atoms with Crippen molar-refractivity contribution in [3.8, 4) is 55.6 Å². The van der Waals surface area contributed by atoms with E-state index in [1.807, 2.05) is 11.3 Å². The Hall–Kier alpha value is -7.00. The Morgan fingerprint density at radius 1 is 0.356 bits per heavy atom. The maximum absolute atomic E-state index is 2.44. The highest BCUT2D eigenvalue weighted by atomic mass is 32.1. The van der Waals surface area contributed by atoms with Crippen LogP contribution in [0.2, 0.25) is 0 Å². The molecule has 10 aromatic rings. The van der Waals surface area contributed by atoms with Gasteiger partial charge in [-0.05, 0) is 133 Å². The minimum absolute atomic E-state index is 0.155. The summed E-state index contributed by atoms with van der Waals surface area (Å²) in [5.74, 6) is 0. The second-order valence-electron chi connectivity index (χ2n) is 16.1. The Labute approximate surface area is 350 Å². The van der Waals surface area contributed by atoms with Crippen LogP contribution < -0.4 is 4.90 Å². The normalized spacial score (nSPS) is 12.7. The van der Waals surface area contributed by atoms with Crippen molar-refractivity contribution < 1.29 is 0 Å². The molecule has 0 fully saturated rings. The molecule has 0 spiro atoms. The van der Waals surface area contributed by atoms with Gasteiger partial charge in [0.25, 0.3) is 0 Å². The number of hydrogen-bond donors (Lipinski definition) is 0. The SMILES string of the molecule is CC1(C)c2ccc(-c3cccc(N(c4ccccc4)c4ccc(-c5cccc6sc7ccccc7c56)cc4)c3)cc2-c2c(-c3ccccc3)cc(-c3ccccc3)cc21. The highest BCUT2D eigenvalue weighted by Gasteiger charge is 2.38. The molecule has 0 N–H and O–H groups in total. The Balaban J connectivity index is 1.01. The zero-order valence-electron chi connectivity index (χ0n) is 33.1. The molecule has 0 amide bonds. The van der Waals surface area contributed by atoms with E-state index in [1.165, 1.54) is 86.9 Å². The number of hydrogen-bond acceptors (Lipinski definition) is 2. The summed E-state index contributed by atoms with van der Waals surface area (Å²) >= 11 is 1.87. The van der Waals surface area contributed by atoms with E-state index in [4.69, 9.17) is 0 Å². The van der Waals surface area contributed by atoms with E-state index in [9.17, 15) is 0 Å². The number of rotatable bonds is 7. The minimum Gasteiger partial charge on any atom is -0.310 e. The van der Waals surface area contributed by atoms with Crippen LogP contribution in [0.5, 0.6) is 0 Å². The Kier molecular flexibility index (Phi) is 8.43. The molecule has 1 aliphatic carbocycles. The first-order valence-corrected chi connectivity index (χ1v) is 21.2. The molecule has 0 saturated heterocycles. The maximum Gasteiger partial charge on any atom is 0.0467 e. The van der Waals surface area contributed by atoms with Gasteiger partial charge in [0.05, 0.1) is 0 Å². The van der Waals surface area contributed by atoms with Gasteiger partial charge in [-0.25, -0.2) is 0 Å². The van der Waals surface area contributed by atoms with E-state index in [1.54, 1.807) is 0 Å². The lowest BCUT2D eigenvalue weighted by Gasteiger charge is -2.26. The van der Waals surface area contributed by atoms with Gasteiger partial charge in [-0.1, -0.05) is 159 Å². The van der Waals surface area contributed by atoms with Crippen molar-refractivity contribution in [1.29, 1.82) is 0 Å². The fourth-order valence-electron chi connectivity index (χ4n) is 9.34. The molecule has 1 aliphatic rings. The van der Waals surface area contributed by atoms with Gasteiger partial charge in [-0.3, -0.25) is 0 Å². The fourth-order valence-corrected chi connectivity index (χ4v) is 10.5. The van der Waals surface area contributed by atoms with Crippen LogP contribution in [0.4, 0.5) is 17.1 Å². The molecule has 0 saturated carbocycles. The van der Waals surface area contributed by atoms with Crippen LogP contribution in [-0.4, -0.2) is 0 Å². The molecule has 0 radical (unpaired) electrons. The molecule has 0 atom stereocenters. The summed E-state index contributed by atoms with van der Waals surface area (Å²) in [6.07, 6.45) is 0. The molecule has 1 heterocycles. The van der Waals surface area contributed by atoms with Crippen molar-refractivity contribution >= 4 is 48.6 Å². The highest BCUT2D eigenvalue weighted by Crippen LogP contribution is 2.54. The van der Waals surface area contributed by atoms with Gasteiger partial charge in [0.15, 0.2) is 0 Å². The molecular weight excluding hydrogens is 731 g/mol. The zero-order chi connectivity index (χ0) is 39.5. The average molecular weight is 772 g/mol. The van der Waals surface area contributed by atoms with E-state index < -0.39 is 0 Å². The van der Waals surface area contributed by atoms with Crippen LogP contribution in [0.15, 0.2) is 212 Å². The molecule has 280 valence electrons. The van der Waals surface area contributed by atoms with Gasteiger partial charge in [0.2, 0.25) is 0 Å². The van der Waals surface area contributed by atoms with Crippen molar-refractivity contribution in [3.63, 3.8) is 0 Å². The smallest absolute Gasteiger partial charge is 0.0467 e. The topological polar surface area (TPSA) is 3.24 Å². The first kappa shape index (κ1) is 35.2. The summed E-state index contributed by atoms with van der Waals surface area (Å²) in [6, 6.07) is 78.0. The second kappa shape index (κ2) is 14.1. The predicted octanol–water partition coefficient (Wildman–Crippen LogP) is 16.5. The number of benzene rings is 9. The largest absolute Gasteiger partial charge is 0.310 e. The molecule has 0 aliphatic heterocycles. The molecule has 11 rings (SSSR count). The van der Waals surface area contributed by atoms with E-state index >= 15 is 0 Å². The van der Waals surface area contributed by atoms with Gasteiger partial charge < -0.3 is 4.90 Å². The summed E-state index contributed by atoms with van der Waals surface area (Å²) < 4.78 is 2.65. The van der Waals surface area contributed by atoms with Gasteiger partial charge >= 0.3 is 0 Å². The summed E-state index contributed by atoms with van der Waals surface area (Å²) in [7, 11) is 0. The number of nitrogens with zero attached hydrogens (tertiary/aromatic N) is 1. The van der Waals surface area contributed by atoms with Crippen molar-refractivity contribution in [3.05, 3.63) is 223 Å². The number of anilines is 3. The van der Waals surface area contributed by atoms with Gasteiger partial charge in [0, 0.05) is 42.6 Å². The molecule has 2 heteroatoms. The Morgan fingerprint density at radius 2 is 0.915 bits per heavy atom. The maximum atomic E-state index is 2.44. The van der Waals surface area contributed by atoms with E-state index in [0.717, 1.165) is 17.1 Å². The van der Waals surface area contributed by atoms with Crippen LogP contribution in [0.3, 0.4) is 0 Å². The standard InChI is InChI=1S/C57H41NS/c1-57(2)51-33-30-42(35-50(51)55-49(39-18-8-4-9-19-39)36-43(37-52(55)57)38-16-6-3-7-17-38)41-20-14-23-46(34-41)58(44-21-10-5-11-22-44)45-31-28-40(29-32-45)47-25-15-27-54-56(47)48-24-12-13-26-53(48)59-54/h3-37H,1-2H3. The first-order valence-electron chi connectivity index (χ1n) is 20.4. The molecule has 0 unspecified atom stereocenters. The second-order valence-corrected chi connectivity index (χ2v) is 17.2. The van der Waals surface area contributed by atoms with Crippen molar-refractivity contribution in [2.45, 2.75) is 19.3 Å². The third-order valence-electron chi connectivity index (χ3n) is 12.3. The van der Waals surface area contributed by atoms with Crippen LogP contribution in [0.25, 0.3) is 75.8 Å². The average Bonchev–Trinajstić information content (AvgIpc) is 3.79. The summed E-state index contributed by atoms with van der Waals surface area (Å²) in [5, 5.41) is 2.66. The fraction of sp³-hybridized carbons (Fsp3) is 0.0526. The van der Waals surface area contributed by atoms with E-state index in [2.05, 4.69) is 231 Å². The highest BCUT2D eigenvalue weighted by molar-refractivity contribution is 7.25. The molecular formula is C57H41NS. The number of fused-ring (bicyclic) bond motifs is 6. The lowest BCUT2D eigenvalue weighted by molar-refractivity contribution is 0.661. The monoisotopic (exact) mass is 771 g/mol. The quantitative estimate of drug-likeness (QED) is 0.156. The lowest BCUT2D eigenvalue weighted by atomic mass is 9.80. The minimum atomic E-state index is -0.155. The van der Waals surface area contributed by atoms with Crippen molar-refractivity contribution in [1.82, 2.24) is 0 Å². The zero-order valence-corrected chi connectivity index (χ0v) is 33.9. The van der Waals surface area contributed by atoms with Gasteiger partial charge in [0.1, 0.15) is 0 Å². The van der Waals surface area contributed by atoms with E-state index in [0.29, 0.717) is 0 Å². The molecule has 1 nitrogen and oxygen atoms in total. The van der Waals surface area contributed by atoms with Gasteiger partial charge in [-0.15, -0.1) is 11.3 Å². The molecule has 9 aromatic carbocycles. The predicted molar refractivity (Wildman–Crippen MR) is 253 cm³/mol. The molecule has 0 bridgehead atoms. The summed E-state index contributed by atoms with van der Waals surface area (Å²) in [4.78, 5) is 2.37. The van der Waals surface area contributed by atoms with E-state index in [-0.39, 0.29) is 5.41 Å². The van der Waals surface area contributed by atoms with Crippen LogP contribution in [0, 0.1) is 0 Å². The Morgan fingerprint density at radius 3 is 1.69 bits per heavy atom. The van der Waals surface area contributed by atoms with Crippen molar-refractivity contribution in [2.24, 2.45) is 0 Å². The van der Waals surface area contributed by atoms with Crippen molar-refractivity contribution in [2.75, 3.05) is 4.90 Å². The molecule has 59 heavy (non-hydrogen) atoms. The van der Waals surface area contributed by atoms with Crippen LogP contribution in [0.1, 0.15) is 25.0 Å². The Bertz CT molecular complexity index is 3160. The lowest BCUT2D eigenvalue weighted by Crippen LogP contribution is -2.15. The number of thiophene rings is 1. The first-order chi connectivity index (χ1) is 29.0. The summed E-state index contributed by atoms with van der Waals surface area (Å²) in [5.41, 5.74) is 18.5. The summed E-state index contributed by atoms with van der Waals surface area (Å²) in [6.45, 7) is 4.76.